The first-order valence-corrected chi connectivity index (χ1v) is 8.72. The highest BCUT2D eigenvalue weighted by Crippen LogP contribution is 2.34. The van der Waals surface area contributed by atoms with Crippen molar-refractivity contribution in [1.29, 1.82) is 0 Å². The number of phenols is 1. The standard InChI is InChI=1S/C21H17N3O4/c1-2-28-17-10-13(8-9-16(17)25)15-11-14(21(26)27)18-19(23-24-20(18)22-15)12-6-4-3-5-7-12/h3-11,25H,2H2,1H3,(H,26,27)(H,22,23,24). The SMILES string of the molecule is CCOc1cc(-c2cc(C(=O)O)c3c(-c4ccccc4)[nH]nc3n2)ccc1O. The number of aromatic carboxylic acids is 1. The summed E-state index contributed by atoms with van der Waals surface area (Å²) in [5, 5.41) is 27.3. The zero-order valence-electron chi connectivity index (χ0n) is 15.0. The zero-order valence-corrected chi connectivity index (χ0v) is 15.0. The van der Waals surface area contributed by atoms with Gasteiger partial charge in [-0.15, -0.1) is 0 Å². The zero-order chi connectivity index (χ0) is 19.7. The Kier molecular flexibility index (Phi) is 4.41. The Bertz CT molecular complexity index is 1170. The van der Waals surface area contributed by atoms with Crippen molar-refractivity contribution >= 4 is 17.0 Å². The van der Waals surface area contributed by atoms with Crippen molar-refractivity contribution in [1.82, 2.24) is 15.2 Å². The smallest absolute Gasteiger partial charge is 0.336 e. The van der Waals surface area contributed by atoms with Gasteiger partial charge in [-0.1, -0.05) is 30.3 Å². The minimum absolute atomic E-state index is 0.0104. The number of carboxylic acids is 1. The average molecular weight is 375 g/mol. The number of carboxylic acid groups (broad SMARTS) is 1. The lowest BCUT2D eigenvalue weighted by Crippen LogP contribution is -2.00. The number of nitrogens with zero attached hydrogens (tertiary/aromatic N) is 2. The molecule has 0 aliphatic heterocycles. The van der Waals surface area contributed by atoms with Crippen molar-refractivity contribution in [3.05, 3.63) is 60.2 Å². The summed E-state index contributed by atoms with van der Waals surface area (Å²) in [6.45, 7) is 2.21. The molecule has 7 heteroatoms. The van der Waals surface area contributed by atoms with Crippen LogP contribution in [0.5, 0.6) is 11.5 Å². The normalized spacial score (nSPS) is 10.9. The summed E-state index contributed by atoms with van der Waals surface area (Å²) in [5.74, 6) is -0.752. The van der Waals surface area contributed by atoms with E-state index >= 15 is 0 Å². The second-order valence-electron chi connectivity index (χ2n) is 6.14. The van der Waals surface area contributed by atoms with Crippen LogP contribution in [-0.2, 0) is 0 Å². The summed E-state index contributed by atoms with van der Waals surface area (Å²) in [4.78, 5) is 16.5. The fraction of sp³-hybridized carbons (Fsp3) is 0.0952. The van der Waals surface area contributed by atoms with Crippen LogP contribution >= 0.6 is 0 Å². The van der Waals surface area contributed by atoms with Crippen molar-refractivity contribution in [3.8, 4) is 34.0 Å². The largest absolute Gasteiger partial charge is 0.504 e. The minimum atomic E-state index is -1.07. The van der Waals surface area contributed by atoms with E-state index in [0.717, 1.165) is 5.56 Å². The van der Waals surface area contributed by atoms with Gasteiger partial charge in [0, 0.05) is 11.1 Å². The molecule has 0 saturated carbocycles. The predicted molar refractivity (Wildman–Crippen MR) is 105 cm³/mol. The number of aromatic amines is 1. The average Bonchev–Trinajstić information content (AvgIpc) is 3.13. The third kappa shape index (κ3) is 3.03. The third-order valence-electron chi connectivity index (χ3n) is 4.37. The molecule has 0 atom stereocenters. The van der Waals surface area contributed by atoms with E-state index in [9.17, 15) is 15.0 Å². The Morgan fingerprint density at radius 2 is 1.89 bits per heavy atom. The van der Waals surface area contributed by atoms with Gasteiger partial charge in [-0.2, -0.15) is 5.10 Å². The van der Waals surface area contributed by atoms with Gasteiger partial charge in [-0.3, -0.25) is 5.10 Å². The fourth-order valence-electron chi connectivity index (χ4n) is 3.10. The van der Waals surface area contributed by atoms with E-state index in [1.807, 2.05) is 37.3 Å². The number of pyridine rings is 1. The molecule has 2 aromatic heterocycles. The van der Waals surface area contributed by atoms with Crippen LogP contribution in [-0.4, -0.2) is 38.0 Å². The molecule has 4 aromatic rings. The van der Waals surface area contributed by atoms with Gasteiger partial charge in [-0.25, -0.2) is 9.78 Å². The lowest BCUT2D eigenvalue weighted by molar-refractivity contribution is 0.0699. The van der Waals surface area contributed by atoms with E-state index < -0.39 is 5.97 Å². The molecule has 0 radical (unpaired) electrons. The molecule has 0 fully saturated rings. The molecule has 0 bridgehead atoms. The molecular weight excluding hydrogens is 358 g/mol. The first-order chi connectivity index (χ1) is 13.6. The molecule has 0 spiro atoms. The molecule has 0 aliphatic rings. The Labute approximate surface area is 160 Å². The van der Waals surface area contributed by atoms with Gasteiger partial charge < -0.3 is 14.9 Å². The van der Waals surface area contributed by atoms with Crippen LogP contribution in [0.25, 0.3) is 33.5 Å². The van der Waals surface area contributed by atoms with Gasteiger partial charge in [0.2, 0.25) is 0 Å². The summed E-state index contributed by atoms with van der Waals surface area (Å²) in [7, 11) is 0. The maximum absolute atomic E-state index is 12.0. The molecule has 0 unspecified atom stereocenters. The molecular formula is C21H17N3O4. The van der Waals surface area contributed by atoms with Crippen LogP contribution in [0.4, 0.5) is 0 Å². The minimum Gasteiger partial charge on any atom is -0.504 e. The van der Waals surface area contributed by atoms with E-state index in [1.54, 1.807) is 12.1 Å². The van der Waals surface area contributed by atoms with E-state index in [1.165, 1.54) is 12.1 Å². The number of fused-ring (bicyclic) bond motifs is 1. The second kappa shape index (κ2) is 7.03. The topological polar surface area (TPSA) is 108 Å². The quantitative estimate of drug-likeness (QED) is 0.485. The fourth-order valence-corrected chi connectivity index (χ4v) is 3.10. The van der Waals surface area contributed by atoms with E-state index in [-0.39, 0.29) is 11.3 Å². The van der Waals surface area contributed by atoms with E-state index in [0.29, 0.717) is 40.3 Å². The summed E-state index contributed by atoms with van der Waals surface area (Å²) in [6, 6.07) is 15.7. The van der Waals surface area contributed by atoms with Crippen LogP contribution in [0, 0.1) is 0 Å². The van der Waals surface area contributed by atoms with Crippen molar-refractivity contribution in [2.24, 2.45) is 0 Å². The maximum Gasteiger partial charge on any atom is 0.336 e. The van der Waals surface area contributed by atoms with Gasteiger partial charge in [0.05, 0.1) is 28.9 Å². The molecule has 7 nitrogen and oxygen atoms in total. The predicted octanol–water partition coefficient (Wildman–Crippen LogP) is 4.09. The molecule has 2 aromatic carbocycles. The summed E-state index contributed by atoms with van der Waals surface area (Å²) in [6.07, 6.45) is 0. The van der Waals surface area contributed by atoms with Crippen LogP contribution in [0.15, 0.2) is 54.6 Å². The van der Waals surface area contributed by atoms with Crippen LogP contribution in [0.3, 0.4) is 0 Å². The summed E-state index contributed by atoms with van der Waals surface area (Å²) < 4.78 is 5.41. The lowest BCUT2D eigenvalue weighted by Gasteiger charge is -2.09. The monoisotopic (exact) mass is 375 g/mol. The number of ether oxygens (including phenoxy) is 1. The van der Waals surface area contributed by atoms with Crippen molar-refractivity contribution in [3.63, 3.8) is 0 Å². The molecule has 4 rings (SSSR count). The number of H-pyrrole nitrogens is 1. The number of hydrogen-bond donors (Lipinski definition) is 3. The highest BCUT2D eigenvalue weighted by molar-refractivity contribution is 6.08. The van der Waals surface area contributed by atoms with Crippen LogP contribution < -0.4 is 4.74 Å². The van der Waals surface area contributed by atoms with Crippen molar-refractivity contribution < 1.29 is 19.7 Å². The van der Waals surface area contributed by atoms with Gasteiger partial charge in [0.1, 0.15) is 0 Å². The van der Waals surface area contributed by atoms with Gasteiger partial charge in [0.15, 0.2) is 17.1 Å². The van der Waals surface area contributed by atoms with E-state index in [4.69, 9.17) is 4.74 Å². The Hall–Kier alpha value is -3.87. The molecule has 2 heterocycles. The van der Waals surface area contributed by atoms with Gasteiger partial charge >= 0.3 is 5.97 Å². The number of carbonyl (C=O) groups is 1. The van der Waals surface area contributed by atoms with Crippen molar-refractivity contribution in [2.75, 3.05) is 6.61 Å². The number of hydrogen-bond acceptors (Lipinski definition) is 5. The molecule has 3 N–H and O–H groups in total. The Morgan fingerprint density at radius 3 is 2.61 bits per heavy atom. The van der Waals surface area contributed by atoms with Gasteiger partial charge in [-0.05, 0) is 31.2 Å². The molecule has 140 valence electrons. The number of rotatable bonds is 5. The highest BCUT2D eigenvalue weighted by atomic mass is 16.5. The molecule has 0 amide bonds. The Balaban J connectivity index is 1.91. The third-order valence-corrected chi connectivity index (χ3v) is 4.37. The molecule has 28 heavy (non-hydrogen) atoms. The summed E-state index contributed by atoms with van der Waals surface area (Å²) in [5.41, 5.74) is 2.88. The number of phenolic OH excluding ortho intramolecular Hbond substituents is 1. The van der Waals surface area contributed by atoms with E-state index in [2.05, 4.69) is 15.2 Å². The number of aromatic nitrogens is 3. The number of nitrogens with one attached hydrogen (secondary N) is 1. The first-order valence-electron chi connectivity index (χ1n) is 8.72. The highest BCUT2D eigenvalue weighted by Gasteiger charge is 2.20. The maximum atomic E-state index is 12.0. The Morgan fingerprint density at radius 1 is 1.11 bits per heavy atom. The van der Waals surface area contributed by atoms with Crippen LogP contribution in [0.1, 0.15) is 17.3 Å². The number of benzene rings is 2. The first kappa shape index (κ1) is 17.5. The van der Waals surface area contributed by atoms with Crippen LogP contribution in [0.2, 0.25) is 0 Å². The number of aromatic hydroxyl groups is 1. The lowest BCUT2D eigenvalue weighted by atomic mass is 10.0. The molecule has 0 aliphatic carbocycles. The summed E-state index contributed by atoms with van der Waals surface area (Å²) >= 11 is 0. The van der Waals surface area contributed by atoms with Crippen molar-refractivity contribution in [2.45, 2.75) is 6.92 Å². The molecule has 0 saturated heterocycles. The van der Waals surface area contributed by atoms with Gasteiger partial charge in [0.25, 0.3) is 0 Å². The second-order valence-corrected chi connectivity index (χ2v) is 6.14.